The molecule has 1 aromatic heterocycles. The Morgan fingerprint density at radius 3 is 2.38 bits per heavy atom. The summed E-state index contributed by atoms with van der Waals surface area (Å²) in [7, 11) is 1.85. The van der Waals surface area contributed by atoms with Gasteiger partial charge in [-0.3, -0.25) is 9.69 Å². The average Bonchev–Trinajstić information content (AvgIpc) is 2.64. The fourth-order valence-corrected chi connectivity index (χ4v) is 2.02. The van der Waals surface area contributed by atoms with Crippen LogP contribution < -0.4 is 0 Å². The Balaban J connectivity index is 3.00. The molecule has 0 amide bonds. The number of hydrogen-bond donors (Lipinski definition) is 0. The number of imidazole rings is 1. The lowest BCUT2D eigenvalue weighted by Crippen LogP contribution is -2.50. The summed E-state index contributed by atoms with van der Waals surface area (Å²) in [4.78, 5) is 18.6. The van der Waals surface area contributed by atoms with Crippen molar-refractivity contribution in [2.24, 2.45) is 7.05 Å². The Morgan fingerprint density at radius 1 is 1.44 bits per heavy atom. The third-order valence-corrected chi connectivity index (χ3v) is 3.13. The number of aromatic nitrogens is 2. The van der Waals surface area contributed by atoms with E-state index in [1.165, 1.54) is 0 Å². The lowest BCUT2D eigenvalue weighted by Gasteiger charge is -2.35. The van der Waals surface area contributed by atoms with E-state index < -0.39 is 5.54 Å². The summed E-state index contributed by atoms with van der Waals surface area (Å²) >= 11 is 0. The van der Waals surface area contributed by atoms with Gasteiger partial charge in [-0.05, 0) is 26.9 Å². The Hall–Kier alpha value is -1.16. The van der Waals surface area contributed by atoms with Crippen molar-refractivity contribution in [1.29, 1.82) is 0 Å². The second-order valence-electron chi connectivity index (χ2n) is 4.42. The van der Waals surface area contributed by atoms with E-state index >= 15 is 0 Å². The van der Waals surface area contributed by atoms with Crippen LogP contribution in [0.1, 0.15) is 38.3 Å². The molecule has 0 aliphatic carbocycles. The fraction of sp³-hybridized carbons (Fsp3) is 0.667. The van der Waals surface area contributed by atoms with Crippen LogP contribution in [0.2, 0.25) is 0 Å². The van der Waals surface area contributed by atoms with Gasteiger partial charge in [0.15, 0.2) is 5.82 Å². The normalized spacial score (nSPS) is 12.1. The number of ketones is 1. The summed E-state index contributed by atoms with van der Waals surface area (Å²) in [5.41, 5.74) is -0.497. The minimum atomic E-state index is -0.497. The predicted octanol–water partition coefficient (Wildman–Crippen LogP) is 1.72. The van der Waals surface area contributed by atoms with E-state index in [0.29, 0.717) is 5.82 Å². The molecule has 0 fully saturated rings. The lowest BCUT2D eigenvalue weighted by atomic mass is 9.96. The highest BCUT2D eigenvalue weighted by Crippen LogP contribution is 2.19. The quantitative estimate of drug-likeness (QED) is 0.713. The molecule has 0 bridgehead atoms. The summed E-state index contributed by atoms with van der Waals surface area (Å²) in [5, 5.41) is 0. The van der Waals surface area contributed by atoms with E-state index in [2.05, 4.69) is 23.7 Å². The van der Waals surface area contributed by atoms with Crippen LogP contribution in [-0.4, -0.2) is 38.9 Å². The van der Waals surface area contributed by atoms with Crippen molar-refractivity contribution in [2.45, 2.75) is 33.2 Å². The first-order valence-electron chi connectivity index (χ1n) is 5.72. The van der Waals surface area contributed by atoms with E-state index in [1.807, 2.05) is 20.9 Å². The van der Waals surface area contributed by atoms with E-state index in [0.717, 1.165) is 13.1 Å². The minimum absolute atomic E-state index is 0.0729. The maximum absolute atomic E-state index is 12.4. The van der Waals surface area contributed by atoms with E-state index in [9.17, 15) is 4.79 Å². The summed E-state index contributed by atoms with van der Waals surface area (Å²) in [6, 6.07) is 0. The first kappa shape index (κ1) is 12.9. The molecular weight excluding hydrogens is 202 g/mol. The third kappa shape index (κ3) is 2.16. The largest absolute Gasteiger partial charge is 0.332 e. The van der Waals surface area contributed by atoms with Crippen LogP contribution in [0, 0.1) is 0 Å². The van der Waals surface area contributed by atoms with Gasteiger partial charge in [-0.25, -0.2) is 4.98 Å². The van der Waals surface area contributed by atoms with Gasteiger partial charge in [-0.1, -0.05) is 13.8 Å². The van der Waals surface area contributed by atoms with E-state index in [-0.39, 0.29) is 5.78 Å². The molecule has 0 aromatic carbocycles. The smallest absolute Gasteiger partial charge is 0.217 e. The fourth-order valence-electron chi connectivity index (χ4n) is 2.02. The molecule has 0 unspecified atom stereocenters. The second kappa shape index (κ2) is 4.78. The molecule has 0 saturated heterocycles. The Morgan fingerprint density at radius 2 is 2.00 bits per heavy atom. The zero-order valence-corrected chi connectivity index (χ0v) is 10.8. The van der Waals surface area contributed by atoms with Crippen LogP contribution >= 0.6 is 0 Å². The SMILES string of the molecule is CCN(CC)C(C)(C)C(=O)c1nccn1C. The minimum Gasteiger partial charge on any atom is -0.332 e. The van der Waals surface area contributed by atoms with Crippen LogP contribution in [0.15, 0.2) is 12.4 Å². The van der Waals surface area contributed by atoms with Gasteiger partial charge < -0.3 is 4.57 Å². The van der Waals surface area contributed by atoms with Crippen LogP contribution in [0.25, 0.3) is 0 Å². The highest BCUT2D eigenvalue weighted by atomic mass is 16.1. The molecule has 0 aliphatic heterocycles. The molecular formula is C12H21N3O. The zero-order valence-electron chi connectivity index (χ0n) is 10.8. The number of carbonyl (C=O) groups is 1. The molecule has 16 heavy (non-hydrogen) atoms. The van der Waals surface area contributed by atoms with Gasteiger partial charge in [0.25, 0.3) is 0 Å². The number of hydrogen-bond acceptors (Lipinski definition) is 3. The van der Waals surface area contributed by atoms with Crippen molar-refractivity contribution in [3.63, 3.8) is 0 Å². The van der Waals surface area contributed by atoms with Crippen LogP contribution in [0.4, 0.5) is 0 Å². The molecule has 0 saturated carbocycles. The highest BCUT2D eigenvalue weighted by Gasteiger charge is 2.35. The summed E-state index contributed by atoms with van der Waals surface area (Å²) in [6.07, 6.45) is 3.46. The molecule has 90 valence electrons. The van der Waals surface area contributed by atoms with Crippen molar-refractivity contribution in [2.75, 3.05) is 13.1 Å². The molecule has 0 N–H and O–H groups in total. The number of nitrogens with zero attached hydrogens (tertiary/aromatic N) is 3. The monoisotopic (exact) mass is 223 g/mol. The number of carbonyl (C=O) groups excluding carboxylic acids is 1. The molecule has 1 heterocycles. The van der Waals surface area contributed by atoms with Crippen LogP contribution in [0.3, 0.4) is 0 Å². The van der Waals surface area contributed by atoms with Crippen molar-refractivity contribution in [3.05, 3.63) is 18.2 Å². The van der Waals surface area contributed by atoms with Crippen molar-refractivity contribution in [1.82, 2.24) is 14.5 Å². The molecule has 0 radical (unpaired) electrons. The molecule has 4 nitrogen and oxygen atoms in total. The van der Waals surface area contributed by atoms with Gasteiger partial charge in [0.1, 0.15) is 0 Å². The average molecular weight is 223 g/mol. The first-order chi connectivity index (χ1) is 7.45. The highest BCUT2D eigenvalue weighted by molar-refractivity contribution is 5.99. The molecule has 1 aromatic rings. The van der Waals surface area contributed by atoms with Gasteiger partial charge >= 0.3 is 0 Å². The maximum atomic E-state index is 12.4. The zero-order chi connectivity index (χ0) is 12.3. The molecule has 0 atom stereocenters. The maximum Gasteiger partial charge on any atom is 0.217 e. The predicted molar refractivity (Wildman–Crippen MR) is 64.5 cm³/mol. The second-order valence-corrected chi connectivity index (χ2v) is 4.42. The Kier molecular flexibility index (Phi) is 3.86. The molecule has 0 spiro atoms. The van der Waals surface area contributed by atoms with Gasteiger partial charge in [0.05, 0.1) is 5.54 Å². The number of Topliss-reactive ketones (excluding diaryl/α,β-unsaturated/α-hetero) is 1. The Bertz CT molecular complexity index is 364. The van der Waals surface area contributed by atoms with Crippen molar-refractivity contribution >= 4 is 5.78 Å². The third-order valence-electron chi connectivity index (χ3n) is 3.13. The first-order valence-corrected chi connectivity index (χ1v) is 5.72. The van der Waals surface area contributed by atoms with E-state index in [1.54, 1.807) is 17.0 Å². The van der Waals surface area contributed by atoms with Gasteiger partial charge in [0.2, 0.25) is 5.78 Å². The standard InChI is InChI=1S/C12H21N3O/c1-6-15(7-2)12(3,4)10(16)11-13-8-9-14(11)5/h8-9H,6-7H2,1-5H3. The molecule has 4 heteroatoms. The van der Waals surface area contributed by atoms with Gasteiger partial charge in [0, 0.05) is 19.4 Å². The van der Waals surface area contributed by atoms with Crippen LogP contribution in [-0.2, 0) is 7.05 Å². The summed E-state index contributed by atoms with van der Waals surface area (Å²) in [6.45, 7) is 9.77. The molecule has 0 aliphatic rings. The van der Waals surface area contributed by atoms with Crippen molar-refractivity contribution in [3.8, 4) is 0 Å². The van der Waals surface area contributed by atoms with Crippen LogP contribution in [0.5, 0.6) is 0 Å². The lowest BCUT2D eigenvalue weighted by molar-refractivity contribution is 0.0654. The number of aryl methyl sites for hydroxylation is 1. The van der Waals surface area contributed by atoms with E-state index in [4.69, 9.17) is 0 Å². The number of likely N-dealkylation sites (N-methyl/N-ethyl adjacent to an activating group) is 1. The molecule has 1 rings (SSSR count). The van der Waals surface area contributed by atoms with Gasteiger partial charge in [-0.15, -0.1) is 0 Å². The summed E-state index contributed by atoms with van der Waals surface area (Å²) < 4.78 is 1.77. The topological polar surface area (TPSA) is 38.1 Å². The van der Waals surface area contributed by atoms with Crippen molar-refractivity contribution < 1.29 is 4.79 Å². The Labute approximate surface area is 97.3 Å². The summed E-state index contributed by atoms with van der Waals surface area (Å²) in [5.74, 6) is 0.598. The van der Waals surface area contributed by atoms with Gasteiger partial charge in [-0.2, -0.15) is 0 Å². The number of rotatable bonds is 5.